The van der Waals surface area contributed by atoms with Gasteiger partial charge in [-0.1, -0.05) is 61.9 Å². The van der Waals surface area contributed by atoms with E-state index in [1.54, 1.807) is 18.2 Å². The van der Waals surface area contributed by atoms with Crippen molar-refractivity contribution in [3.05, 3.63) is 28.2 Å². The smallest absolute Gasteiger partial charge is 0.311 e. The van der Waals surface area contributed by atoms with Crippen molar-refractivity contribution in [3.63, 3.8) is 0 Å². The fraction of sp³-hybridized carbons (Fsp3) is 0.579. The van der Waals surface area contributed by atoms with Crippen LogP contribution >= 0.6 is 23.2 Å². The van der Waals surface area contributed by atoms with Gasteiger partial charge in [0.15, 0.2) is 5.75 Å². The molecule has 0 atom stereocenters. The average molecular weight is 389 g/mol. The summed E-state index contributed by atoms with van der Waals surface area (Å²) in [4.78, 5) is 23.4. The highest BCUT2D eigenvalue weighted by Gasteiger charge is 2.12. The minimum atomic E-state index is -0.381. The van der Waals surface area contributed by atoms with Crippen LogP contribution in [0.1, 0.15) is 64.7 Å². The van der Waals surface area contributed by atoms with Gasteiger partial charge in [-0.15, -0.1) is 0 Å². The molecule has 0 saturated heterocycles. The second-order valence-corrected chi connectivity index (χ2v) is 6.68. The van der Waals surface area contributed by atoms with Crippen LogP contribution in [0, 0.1) is 0 Å². The molecule has 0 aliphatic carbocycles. The number of ether oxygens (including phenoxy) is 2. The van der Waals surface area contributed by atoms with Gasteiger partial charge in [0.05, 0.1) is 16.7 Å². The van der Waals surface area contributed by atoms with Gasteiger partial charge in [0.25, 0.3) is 0 Å². The maximum absolute atomic E-state index is 11.8. The number of halogens is 2. The van der Waals surface area contributed by atoms with Crippen LogP contribution < -0.4 is 4.74 Å². The summed E-state index contributed by atoms with van der Waals surface area (Å²) in [5, 5.41) is 0.616. The topological polar surface area (TPSA) is 52.6 Å². The zero-order valence-corrected chi connectivity index (χ0v) is 16.2. The van der Waals surface area contributed by atoms with Crippen molar-refractivity contribution in [1.29, 1.82) is 0 Å². The Labute approximate surface area is 159 Å². The Morgan fingerprint density at radius 2 is 1.48 bits per heavy atom. The summed E-state index contributed by atoms with van der Waals surface area (Å²) in [6.07, 6.45) is 7.12. The van der Waals surface area contributed by atoms with E-state index in [9.17, 15) is 9.59 Å². The molecule has 0 bridgehead atoms. The Bertz CT molecular complexity index is 526. The molecule has 1 rings (SSSR count). The van der Waals surface area contributed by atoms with E-state index in [1.165, 1.54) is 12.8 Å². The molecule has 6 heteroatoms. The van der Waals surface area contributed by atoms with Crippen molar-refractivity contribution in [2.45, 2.75) is 64.7 Å². The van der Waals surface area contributed by atoms with E-state index < -0.39 is 0 Å². The highest BCUT2D eigenvalue weighted by Crippen LogP contribution is 2.32. The van der Waals surface area contributed by atoms with Gasteiger partial charge in [-0.05, 0) is 31.4 Å². The van der Waals surface area contributed by atoms with Crippen molar-refractivity contribution in [2.24, 2.45) is 0 Å². The first kappa shape index (κ1) is 21.8. The van der Waals surface area contributed by atoms with E-state index >= 15 is 0 Å². The number of hydrogen-bond acceptors (Lipinski definition) is 4. The predicted molar refractivity (Wildman–Crippen MR) is 100 cm³/mol. The summed E-state index contributed by atoms with van der Waals surface area (Å²) in [5.74, 6) is -0.349. The molecule has 0 amide bonds. The normalized spacial score (nSPS) is 10.5. The van der Waals surface area contributed by atoms with E-state index in [2.05, 4.69) is 6.92 Å². The molecule has 140 valence electrons. The standard InChI is InChI=1S/C19H26Cl2O4/c1-2-3-4-8-14-24-17(22)12-6-5-7-13-18(23)25-19-15(20)10-9-11-16(19)21/h9-11H,2-8,12-14H2,1H3. The lowest BCUT2D eigenvalue weighted by Crippen LogP contribution is -2.09. The van der Waals surface area contributed by atoms with Crippen LogP contribution in [-0.2, 0) is 14.3 Å². The molecule has 1 aromatic rings. The van der Waals surface area contributed by atoms with E-state index in [4.69, 9.17) is 32.7 Å². The van der Waals surface area contributed by atoms with Crippen molar-refractivity contribution < 1.29 is 19.1 Å². The van der Waals surface area contributed by atoms with Gasteiger partial charge in [0.1, 0.15) is 0 Å². The van der Waals surface area contributed by atoms with Gasteiger partial charge >= 0.3 is 11.9 Å². The number of para-hydroxylation sites is 1. The number of carbonyl (C=O) groups excluding carboxylic acids is 2. The quantitative estimate of drug-likeness (QED) is 0.251. The highest BCUT2D eigenvalue weighted by atomic mass is 35.5. The largest absolute Gasteiger partial charge is 0.466 e. The number of esters is 2. The first-order chi connectivity index (χ1) is 12.0. The molecule has 0 aliphatic rings. The second-order valence-electron chi connectivity index (χ2n) is 5.87. The van der Waals surface area contributed by atoms with Crippen molar-refractivity contribution in [3.8, 4) is 5.75 Å². The Morgan fingerprint density at radius 1 is 0.880 bits per heavy atom. The molecule has 0 aromatic heterocycles. The fourth-order valence-corrected chi connectivity index (χ4v) is 2.72. The maximum atomic E-state index is 11.8. The highest BCUT2D eigenvalue weighted by molar-refractivity contribution is 6.37. The summed E-state index contributed by atoms with van der Waals surface area (Å²) < 4.78 is 10.4. The van der Waals surface area contributed by atoms with Crippen LogP contribution in [0.3, 0.4) is 0 Å². The molecule has 0 spiro atoms. The van der Waals surface area contributed by atoms with Crippen LogP contribution in [0.25, 0.3) is 0 Å². The second kappa shape index (κ2) is 13.0. The lowest BCUT2D eigenvalue weighted by Gasteiger charge is -2.08. The maximum Gasteiger partial charge on any atom is 0.311 e. The molecular formula is C19H26Cl2O4. The lowest BCUT2D eigenvalue weighted by atomic mass is 10.1. The minimum absolute atomic E-state index is 0.165. The molecule has 0 unspecified atom stereocenters. The Hall–Kier alpha value is -1.26. The summed E-state index contributed by atoms with van der Waals surface area (Å²) >= 11 is 11.9. The summed E-state index contributed by atoms with van der Waals surface area (Å²) in [6, 6.07) is 4.92. The van der Waals surface area contributed by atoms with Crippen LogP contribution in [0.4, 0.5) is 0 Å². The number of rotatable bonds is 12. The third-order valence-corrected chi connectivity index (χ3v) is 4.25. The number of benzene rings is 1. The summed E-state index contributed by atoms with van der Waals surface area (Å²) in [7, 11) is 0. The molecule has 4 nitrogen and oxygen atoms in total. The minimum Gasteiger partial charge on any atom is -0.466 e. The zero-order chi connectivity index (χ0) is 18.5. The van der Waals surface area contributed by atoms with Gasteiger partial charge in [0, 0.05) is 12.8 Å². The van der Waals surface area contributed by atoms with Crippen LogP contribution in [0.5, 0.6) is 5.75 Å². The first-order valence-electron chi connectivity index (χ1n) is 8.85. The number of unbranched alkanes of at least 4 members (excludes halogenated alkanes) is 5. The summed E-state index contributed by atoms with van der Waals surface area (Å²) in [5.41, 5.74) is 0. The Morgan fingerprint density at radius 3 is 2.12 bits per heavy atom. The number of carbonyl (C=O) groups is 2. The third kappa shape index (κ3) is 9.71. The van der Waals surface area contributed by atoms with Gasteiger partial charge in [-0.3, -0.25) is 9.59 Å². The van der Waals surface area contributed by atoms with E-state index in [0.717, 1.165) is 19.3 Å². The van der Waals surface area contributed by atoms with Crippen LogP contribution in [0.2, 0.25) is 10.0 Å². The van der Waals surface area contributed by atoms with Crippen LogP contribution in [0.15, 0.2) is 18.2 Å². The Kier molecular flexibility index (Phi) is 11.3. The van der Waals surface area contributed by atoms with Gasteiger partial charge in [-0.25, -0.2) is 0 Å². The zero-order valence-electron chi connectivity index (χ0n) is 14.7. The van der Waals surface area contributed by atoms with E-state index in [1.807, 2.05) is 0 Å². The number of hydrogen-bond donors (Lipinski definition) is 0. The molecule has 0 N–H and O–H groups in total. The molecule has 0 heterocycles. The fourth-order valence-electron chi connectivity index (χ4n) is 2.25. The molecule has 1 aromatic carbocycles. The van der Waals surface area contributed by atoms with E-state index in [-0.39, 0.29) is 24.1 Å². The van der Waals surface area contributed by atoms with Gasteiger partial charge in [0.2, 0.25) is 0 Å². The molecule has 25 heavy (non-hydrogen) atoms. The van der Waals surface area contributed by atoms with Gasteiger partial charge in [-0.2, -0.15) is 0 Å². The lowest BCUT2D eigenvalue weighted by molar-refractivity contribution is -0.143. The average Bonchev–Trinajstić information content (AvgIpc) is 2.58. The molecule has 0 fully saturated rings. The molecular weight excluding hydrogens is 363 g/mol. The van der Waals surface area contributed by atoms with Gasteiger partial charge < -0.3 is 9.47 Å². The monoisotopic (exact) mass is 388 g/mol. The van der Waals surface area contributed by atoms with Crippen molar-refractivity contribution in [1.82, 2.24) is 0 Å². The Balaban J connectivity index is 2.09. The molecule has 0 saturated carbocycles. The van der Waals surface area contributed by atoms with E-state index in [0.29, 0.717) is 35.9 Å². The van der Waals surface area contributed by atoms with Crippen molar-refractivity contribution in [2.75, 3.05) is 6.61 Å². The summed E-state index contributed by atoms with van der Waals surface area (Å²) in [6.45, 7) is 2.65. The molecule has 0 radical (unpaired) electrons. The third-order valence-electron chi connectivity index (χ3n) is 3.66. The SMILES string of the molecule is CCCCCCOC(=O)CCCCCC(=O)Oc1c(Cl)cccc1Cl. The van der Waals surface area contributed by atoms with Crippen molar-refractivity contribution >= 4 is 35.1 Å². The first-order valence-corrected chi connectivity index (χ1v) is 9.60. The predicted octanol–water partition coefficient (Wildman–Crippen LogP) is 5.97. The molecule has 0 aliphatic heterocycles. The van der Waals surface area contributed by atoms with Crippen LogP contribution in [-0.4, -0.2) is 18.5 Å².